The van der Waals surface area contributed by atoms with Crippen LogP contribution in [0.4, 0.5) is 5.69 Å². The van der Waals surface area contributed by atoms with Gasteiger partial charge in [-0.1, -0.05) is 39.9 Å². The van der Waals surface area contributed by atoms with Crippen molar-refractivity contribution >= 4 is 67.3 Å². The van der Waals surface area contributed by atoms with Crippen molar-refractivity contribution in [3.05, 3.63) is 33.1 Å². The fourth-order valence-electron chi connectivity index (χ4n) is 3.54. The van der Waals surface area contributed by atoms with Crippen molar-refractivity contribution in [2.75, 3.05) is 24.6 Å². The van der Waals surface area contributed by atoms with E-state index >= 15 is 0 Å². The number of carbonyl (C=O) groups is 2. The monoisotopic (exact) mass is 452 g/mol. The van der Waals surface area contributed by atoms with Gasteiger partial charge in [-0.25, -0.2) is 0 Å². The first-order valence-electron chi connectivity index (χ1n) is 8.52. The number of amides is 2. The van der Waals surface area contributed by atoms with Crippen LogP contribution in [0.2, 0.25) is 0 Å². The number of thiocarbonyl (C=S) groups is 1. The molecule has 5 nitrogen and oxygen atoms in total. The number of anilines is 1. The average Bonchev–Trinajstić information content (AvgIpc) is 3.28. The van der Waals surface area contributed by atoms with E-state index in [-0.39, 0.29) is 17.9 Å². The number of halogens is 1. The number of nitrogens with zero attached hydrogens (tertiary/aromatic N) is 2. The Morgan fingerprint density at radius 1 is 1.31 bits per heavy atom. The van der Waals surface area contributed by atoms with Crippen molar-refractivity contribution < 1.29 is 14.3 Å². The molecular weight excluding hydrogens is 436 g/mol. The number of carbonyl (C=O) groups excluding carboxylic acids is 2. The second-order valence-corrected chi connectivity index (χ2v) is 8.89. The second-order valence-electron chi connectivity index (χ2n) is 6.33. The summed E-state index contributed by atoms with van der Waals surface area (Å²) in [5, 5.41) is 0. The van der Waals surface area contributed by atoms with E-state index in [0.717, 1.165) is 35.2 Å². The zero-order chi connectivity index (χ0) is 18.4. The van der Waals surface area contributed by atoms with Crippen molar-refractivity contribution in [1.29, 1.82) is 0 Å². The van der Waals surface area contributed by atoms with Gasteiger partial charge in [-0.2, -0.15) is 0 Å². The second kappa shape index (κ2) is 7.07. The van der Waals surface area contributed by atoms with Gasteiger partial charge in [0.05, 0.1) is 28.8 Å². The summed E-state index contributed by atoms with van der Waals surface area (Å²) in [5.74, 6) is -0.332. The van der Waals surface area contributed by atoms with Crippen LogP contribution < -0.4 is 4.90 Å². The Labute approximate surface area is 169 Å². The van der Waals surface area contributed by atoms with Crippen LogP contribution in [0, 0.1) is 0 Å². The Morgan fingerprint density at radius 2 is 2.12 bits per heavy atom. The van der Waals surface area contributed by atoms with Gasteiger partial charge in [0.15, 0.2) is 0 Å². The van der Waals surface area contributed by atoms with Crippen LogP contribution in [0.25, 0.3) is 5.57 Å². The van der Waals surface area contributed by atoms with E-state index in [4.69, 9.17) is 17.0 Å². The van der Waals surface area contributed by atoms with Crippen molar-refractivity contribution in [2.24, 2.45) is 0 Å². The maximum atomic E-state index is 13.0. The Balaban J connectivity index is 1.74. The molecule has 0 spiro atoms. The number of hydrogen-bond donors (Lipinski definition) is 0. The topological polar surface area (TPSA) is 49.9 Å². The lowest BCUT2D eigenvalue weighted by molar-refractivity contribution is -0.123. The van der Waals surface area contributed by atoms with E-state index in [1.807, 2.05) is 25.1 Å². The molecule has 3 heterocycles. The molecule has 0 aromatic heterocycles. The minimum atomic E-state index is -0.192. The van der Waals surface area contributed by atoms with E-state index in [0.29, 0.717) is 27.9 Å². The molecule has 2 saturated heterocycles. The van der Waals surface area contributed by atoms with Gasteiger partial charge in [0.1, 0.15) is 4.32 Å². The van der Waals surface area contributed by atoms with Gasteiger partial charge in [-0.15, -0.1) is 0 Å². The molecule has 2 amide bonds. The summed E-state index contributed by atoms with van der Waals surface area (Å²) in [6, 6.07) is 5.70. The molecular formula is C18H17BrN2O3S2. The third kappa shape index (κ3) is 2.93. The van der Waals surface area contributed by atoms with Gasteiger partial charge in [0.25, 0.3) is 11.8 Å². The molecule has 4 rings (SSSR count). The van der Waals surface area contributed by atoms with E-state index in [2.05, 4.69) is 15.9 Å². The van der Waals surface area contributed by atoms with Crippen LogP contribution in [0.5, 0.6) is 0 Å². The normalized spacial score (nSPS) is 25.6. The highest BCUT2D eigenvalue weighted by atomic mass is 79.9. The Bertz CT molecular complexity index is 849. The number of likely N-dealkylation sites (N-methyl/N-ethyl adjacent to an activating group) is 1. The fourth-order valence-corrected chi connectivity index (χ4v) is 5.24. The number of fused-ring (bicyclic) bond motifs is 1. The highest BCUT2D eigenvalue weighted by molar-refractivity contribution is 9.10. The summed E-state index contributed by atoms with van der Waals surface area (Å²) in [6.45, 7) is 3.66. The maximum Gasteiger partial charge on any atom is 0.267 e. The fraction of sp³-hybridized carbons (Fsp3) is 0.389. The van der Waals surface area contributed by atoms with Gasteiger partial charge < -0.3 is 9.64 Å². The Kier molecular flexibility index (Phi) is 4.94. The number of ether oxygens (including phenoxy) is 1. The lowest BCUT2D eigenvalue weighted by Crippen LogP contribution is -2.35. The molecule has 0 saturated carbocycles. The van der Waals surface area contributed by atoms with E-state index < -0.39 is 0 Å². The lowest BCUT2D eigenvalue weighted by atomic mass is 10.1. The average molecular weight is 453 g/mol. The summed E-state index contributed by atoms with van der Waals surface area (Å²) in [7, 11) is 0. The van der Waals surface area contributed by atoms with Gasteiger partial charge in [-0.05, 0) is 38.0 Å². The van der Waals surface area contributed by atoms with E-state index in [9.17, 15) is 9.59 Å². The smallest absolute Gasteiger partial charge is 0.267 e. The molecule has 0 bridgehead atoms. The summed E-state index contributed by atoms with van der Waals surface area (Å²) >= 11 is 10.1. The van der Waals surface area contributed by atoms with Gasteiger partial charge in [0.2, 0.25) is 0 Å². The minimum Gasteiger partial charge on any atom is -0.376 e. The largest absolute Gasteiger partial charge is 0.376 e. The number of benzene rings is 1. The zero-order valence-electron chi connectivity index (χ0n) is 14.2. The maximum absolute atomic E-state index is 13.0. The molecule has 3 aliphatic heterocycles. The molecule has 3 aliphatic rings. The summed E-state index contributed by atoms with van der Waals surface area (Å²) in [6.07, 6.45) is 1.96. The standard InChI is InChI=1S/C18H17BrN2O3S2/c1-2-20-13-6-5-10(19)8-12(13)14(16(20)22)15-17(23)21(18(25)26-15)9-11-4-3-7-24-11/h5-6,8,11H,2-4,7,9H2,1H3. The van der Waals surface area contributed by atoms with E-state index in [1.54, 1.807) is 9.80 Å². The molecule has 136 valence electrons. The van der Waals surface area contributed by atoms with Gasteiger partial charge in [-0.3, -0.25) is 14.5 Å². The molecule has 1 aromatic carbocycles. The first-order chi connectivity index (χ1) is 12.5. The molecule has 2 fully saturated rings. The molecule has 1 atom stereocenters. The van der Waals surface area contributed by atoms with Gasteiger partial charge >= 0.3 is 0 Å². The Hall–Kier alpha value is -1.22. The third-order valence-electron chi connectivity index (χ3n) is 4.78. The Morgan fingerprint density at radius 3 is 2.81 bits per heavy atom. The van der Waals surface area contributed by atoms with Crippen molar-refractivity contribution in [1.82, 2.24) is 4.90 Å². The number of rotatable bonds is 3. The molecule has 8 heteroatoms. The van der Waals surface area contributed by atoms with Gasteiger partial charge in [0, 0.05) is 23.2 Å². The molecule has 26 heavy (non-hydrogen) atoms. The van der Waals surface area contributed by atoms with Crippen LogP contribution in [0.1, 0.15) is 25.3 Å². The van der Waals surface area contributed by atoms with Crippen LogP contribution in [-0.2, 0) is 14.3 Å². The quantitative estimate of drug-likeness (QED) is 0.518. The van der Waals surface area contributed by atoms with Crippen molar-refractivity contribution in [3.63, 3.8) is 0 Å². The molecule has 0 radical (unpaired) electrons. The first kappa shape index (κ1) is 18.2. The molecule has 1 aromatic rings. The van der Waals surface area contributed by atoms with Crippen LogP contribution >= 0.6 is 39.9 Å². The minimum absolute atomic E-state index is 0.0229. The molecule has 0 aliphatic carbocycles. The van der Waals surface area contributed by atoms with Crippen molar-refractivity contribution in [2.45, 2.75) is 25.9 Å². The summed E-state index contributed by atoms with van der Waals surface area (Å²) in [5.41, 5.74) is 2.07. The lowest BCUT2D eigenvalue weighted by Gasteiger charge is -2.18. The van der Waals surface area contributed by atoms with Crippen LogP contribution in [0.3, 0.4) is 0 Å². The number of hydrogen-bond acceptors (Lipinski definition) is 5. The molecule has 1 unspecified atom stereocenters. The predicted octanol–water partition coefficient (Wildman–Crippen LogP) is 3.57. The highest BCUT2D eigenvalue weighted by Crippen LogP contribution is 2.45. The third-order valence-corrected chi connectivity index (χ3v) is 6.72. The van der Waals surface area contributed by atoms with Crippen LogP contribution in [0.15, 0.2) is 27.6 Å². The SMILES string of the molecule is CCN1C(=O)C(=C2SC(=S)N(CC3CCCO3)C2=O)c2cc(Br)ccc21. The van der Waals surface area contributed by atoms with E-state index in [1.165, 1.54) is 11.8 Å². The zero-order valence-corrected chi connectivity index (χ0v) is 17.4. The summed E-state index contributed by atoms with van der Waals surface area (Å²) < 4.78 is 7.00. The highest BCUT2D eigenvalue weighted by Gasteiger charge is 2.42. The first-order valence-corrected chi connectivity index (χ1v) is 10.5. The predicted molar refractivity (Wildman–Crippen MR) is 110 cm³/mol. The van der Waals surface area contributed by atoms with Crippen LogP contribution in [-0.4, -0.2) is 46.8 Å². The summed E-state index contributed by atoms with van der Waals surface area (Å²) in [4.78, 5) is 29.7. The molecule has 0 N–H and O–H groups in total. The number of thioether (sulfide) groups is 1. The van der Waals surface area contributed by atoms with Crippen molar-refractivity contribution in [3.8, 4) is 0 Å².